The Morgan fingerprint density at radius 2 is 2.18 bits per heavy atom. The zero-order chi connectivity index (χ0) is 11.8. The molecule has 84 valence electrons. The van der Waals surface area contributed by atoms with Crippen molar-refractivity contribution in [2.45, 2.75) is 6.92 Å². The molecule has 0 unspecified atom stereocenters. The summed E-state index contributed by atoms with van der Waals surface area (Å²) in [7, 11) is 0. The monoisotopic (exact) mass is 288 g/mol. The zero-order valence-corrected chi connectivity index (χ0v) is 10.7. The fraction of sp³-hybridized carbons (Fsp3) is 0.0833. The first-order valence-corrected chi connectivity index (χ1v) is 5.95. The first kappa shape index (κ1) is 10.4. The summed E-state index contributed by atoms with van der Waals surface area (Å²) in [6, 6.07) is 6.13. The molecule has 0 spiro atoms. The van der Waals surface area contributed by atoms with E-state index in [9.17, 15) is 0 Å². The molecular weight excluding hydrogens is 280 g/mol. The number of fused-ring (bicyclic) bond motifs is 1. The zero-order valence-electron chi connectivity index (χ0n) is 9.11. The quantitative estimate of drug-likeness (QED) is 0.749. The summed E-state index contributed by atoms with van der Waals surface area (Å²) in [5, 5.41) is 0. The highest BCUT2D eigenvalue weighted by molar-refractivity contribution is 9.10. The molecule has 0 amide bonds. The van der Waals surface area contributed by atoms with Gasteiger partial charge in [0.15, 0.2) is 5.65 Å². The molecule has 3 rings (SSSR count). The minimum absolute atomic E-state index is 0.687. The first-order chi connectivity index (χ1) is 8.24. The number of hydrogen-bond donors (Lipinski definition) is 1. The molecule has 4 nitrogen and oxygen atoms in total. The molecule has 0 saturated carbocycles. The van der Waals surface area contributed by atoms with Crippen LogP contribution in [0.3, 0.4) is 0 Å². The van der Waals surface area contributed by atoms with E-state index < -0.39 is 0 Å². The van der Waals surface area contributed by atoms with Gasteiger partial charge in [-0.05, 0) is 18.6 Å². The minimum atomic E-state index is 0.687. The van der Waals surface area contributed by atoms with E-state index in [1.807, 2.05) is 12.1 Å². The summed E-state index contributed by atoms with van der Waals surface area (Å²) >= 11 is 3.52. The van der Waals surface area contributed by atoms with Gasteiger partial charge in [0.2, 0.25) is 0 Å². The number of imidazole rings is 1. The van der Waals surface area contributed by atoms with Gasteiger partial charge in [0.05, 0.1) is 6.20 Å². The van der Waals surface area contributed by atoms with Crippen LogP contribution in [-0.4, -0.2) is 19.9 Å². The van der Waals surface area contributed by atoms with Gasteiger partial charge in [0, 0.05) is 10.0 Å². The van der Waals surface area contributed by atoms with E-state index >= 15 is 0 Å². The van der Waals surface area contributed by atoms with Gasteiger partial charge in [-0.15, -0.1) is 0 Å². The van der Waals surface area contributed by atoms with Crippen LogP contribution in [0.5, 0.6) is 0 Å². The molecule has 0 aliphatic carbocycles. The molecule has 0 saturated heterocycles. The second-order valence-electron chi connectivity index (χ2n) is 3.81. The first-order valence-electron chi connectivity index (χ1n) is 5.16. The van der Waals surface area contributed by atoms with E-state index in [1.54, 1.807) is 6.20 Å². The lowest BCUT2D eigenvalue weighted by Crippen LogP contribution is -1.82. The number of aromatic amines is 1. The van der Waals surface area contributed by atoms with Crippen LogP contribution < -0.4 is 0 Å². The lowest BCUT2D eigenvalue weighted by atomic mass is 10.1. The molecule has 0 fully saturated rings. The Morgan fingerprint density at radius 3 is 2.94 bits per heavy atom. The van der Waals surface area contributed by atoms with Crippen LogP contribution in [0.4, 0.5) is 0 Å². The third-order valence-electron chi connectivity index (χ3n) is 2.61. The highest BCUT2D eigenvalue weighted by Gasteiger charge is 2.06. The summed E-state index contributed by atoms with van der Waals surface area (Å²) in [6.45, 7) is 2.05. The number of H-pyrrole nitrogens is 1. The van der Waals surface area contributed by atoms with Crippen LogP contribution >= 0.6 is 15.9 Å². The van der Waals surface area contributed by atoms with Crippen LogP contribution in [0.2, 0.25) is 0 Å². The fourth-order valence-electron chi connectivity index (χ4n) is 1.64. The highest BCUT2D eigenvalue weighted by atomic mass is 79.9. The Labute approximate surface area is 106 Å². The molecule has 0 bridgehead atoms. The van der Waals surface area contributed by atoms with Gasteiger partial charge in [-0.1, -0.05) is 28.1 Å². The molecule has 0 aliphatic heterocycles. The second-order valence-corrected chi connectivity index (χ2v) is 4.66. The Morgan fingerprint density at radius 1 is 1.29 bits per heavy atom. The molecule has 0 aliphatic rings. The molecule has 3 aromatic rings. The maximum Gasteiger partial charge on any atom is 0.181 e. The maximum atomic E-state index is 4.43. The third-order valence-corrected chi connectivity index (χ3v) is 3.46. The van der Waals surface area contributed by atoms with Crippen molar-refractivity contribution in [3.05, 3.63) is 40.8 Å². The average molecular weight is 289 g/mol. The van der Waals surface area contributed by atoms with Crippen molar-refractivity contribution >= 4 is 27.1 Å². The smallest absolute Gasteiger partial charge is 0.181 e. The van der Waals surface area contributed by atoms with Gasteiger partial charge in [0.1, 0.15) is 17.7 Å². The number of nitrogens with zero attached hydrogens (tertiary/aromatic N) is 3. The van der Waals surface area contributed by atoms with Gasteiger partial charge in [-0.25, -0.2) is 15.0 Å². The van der Waals surface area contributed by atoms with Gasteiger partial charge in [0.25, 0.3) is 0 Å². The molecule has 2 aromatic heterocycles. The Balaban J connectivity index is 2.17. The fourth-order valence-corrected chi connectivity index (χ4v) is 2.02. The number of nitrogens with one attached hydrogen (secondary N) is 1. The molecule has 1 N–H and O–H groups in total. The highest BCUT2D eigenvalue weighted by Crippen LogP contribution is 2.24. The van der Waals surface area contributed by atoms with Crippen LogP contribution in [-0.2, 0) is 0 Å². The van der Waals surface area contributed by atoms with E-state index in [4.69, 9.17) is 0 Å². The molecule has 0 atom stereocenters. The number of halogens is 1. The van der Waals surface area contributed by atoms with Gasteiger partial charge in [-0.2, -0.15) is 0 Å². The molecular formula is C12H9BrN4. The van der Waals surface area contributed by atoms with Crippen LogP contribution in [0.15, 0.2) is 35.2 Å². The van der Waals surface area contributed by atoms with E-state index in [0.717, 1.165) is 21.4 Å². The van der Waals surface area contributed by atoms with Crippen molar-refractivity contribution in [1.29, 1.82) is 0 Å². The number of rotatable bonds is 1. The lowest BCUT2D eigenvalue weighted by Gasteiger charge is -2.00. The average Bonchev–Trinajstić information content (AvgIpc) is 2.76. The van der Waals surface area contributed by atoms with Crippen molar-refractivity contribution in [3.8, 4) is 11.4 Å². The minimum Gasteiger partial charge on any atom is -0.335 e. The standard InChI is InChI=1S/C12H9BrN4/c1-7-2-3-8(4-9(7)13)11-16-10-5-14-6-15-12(10)17-11/h2-6H,1H3,(H,14,15,16,17). The van der Waals surface area contributed by atoms with Crippen LogP contribution in [0.25, 0.3) is 22.6 Å². The normalized spacial score (nSPS) is 10.9. The van der Waals surface area contributed by atoms with Gasteiger partial charge < -0.3 is 4.98 Å². The predicted molar refractivity (Wildman–Crippen MR) is 69.6 cm³/mol. The Bertz CT molecular complexity index is 657. The SMILES string of the molecule is Cc1ccc(-c2nc3ncncc3[nH]2)cc1Br. The predicted octanol–water partition coefficient (Wildman–Crippen LogP) is 3.09. The number of benzene rings is 1. The lowest BCUT2D eigenvalue weighted by molar-refractivity contribution is 1.20. The molecule has 5 heteroatoms. The number of aryl methyl sites for hydroxylation is 1. The summed E-state index contributed by atoms with van der Waals surface area (Å²) in [5.74, 6) is 0.807. The van der Waals surface area contributed by atoms with Crippen molar-refractivity contribution in [2.75, 3.05) is 0 Å². The van der Waals surface area contributed by atoms with Crippen molar-refractivity contribution in [2.24, 2.45) is 0 Å². The number of hydrogen-bond acceptors (Lipinski definition) is 3. The third kappa shape index (κ3) is 1.82. The van der Waals surface area contributed by atoms with E-state index in [-0.39, 0.29) is 0 Å². The summed E-state index contributed by atoms with van der Waals surface area (Å²) in [6.07, 6.45) is 3.22. The van der Waals surface area contributed by atoms with Gasteiger partial charge in [-0.3, -0.25) is 0 Å². The van der Waals surface area contributed by atoms with E-state index in [1.165, 1.54) is 11.9 Å². The molecule has 0 radical (unpaired) electrons. The van der Waals surface area contributed by atoms with Crippen molar-refractivity contribution in [1.82, 2.24) is 19.9 Å². The maximum absolute atomic E-state index is 4.43. The van der Waals surface area contributed by atoms with E-state index in [0.29, 0.717) is 5.65 Å². The molecule has 2 heterocycles. The van der Waals surface area contributed by atoms with Crippen molar-refractivity contribution in [3.63, 3.8) is 0 Å². The van der Waals surface area contributed by atoms with Crippen LogP contribution in [0, 0.1) is 6.92 Å². The largest absolute Gasteiger partial charge is 0.335 e. The second kappa shape index (κ2) is 3.92. The topological polar surface area (TPSA) is 54.5 Å². The summed E-state index contributed by atoms with van der Waals surface area (Å²) in [4.78, 5) is 15.7. The summed E-state index contributed by atoms with van der Waals surface area (Å²) in [5.41, 5.74) is 3.76. The molecule has 1 aromatic carbocycles. The van der Waals surface area contributed by atoms with Crippen molar-refractivity contribution < 1.29 is 0 Å². The molecule has 17 heavy (non-hydrogen) atoms. The Hall–Kier alpha value is -1.75. The van der Waals surface area contributed by atoms with Crippen LogP contribution in [0.1, 0.15) is 5.56 Å². The van der Waals surface area contributed by atoms with Gasteiger partial charge >= 0.3 is 0 Å². The number of aromatic nitrogens is 4. The summed E-state index contributed by atoms with van der Waals surface area (Å²) < 4.78 is 1.07. The Kier molecular flexibility index (Phi) is 2.40. The van der Waals surface area contributed by atoms with E-state index in [2.05, 4.69) is 48.9 Å².